The van der Waals surface area contributed by atoms with E-state index in [0.29, 0.717) is 125 Å². The Morgan fingerprint density at radius 2 is 0.803 bits per heavy atom. The van der Waals surface area contributed by atoms with Gasteiger partial charge in [-0.3, -0.25) is 49.5 Å². The molecule has 12 rings (SSSR count). The number of hydrogen-bond donors (Lipinski definition) is 8. The molecule has 1 saturated heterocycles. The Kier molecular flexibility index (Phi) is 54.5. The number of nitrogen functional groups attached to an aromatic ring is 1. The van der Waals surface area contributed by atoms with Crippen LogP contribution >= 0.6 is 0 Å². The molecule has 0 bridgehead atoms. The summed E-state index contributed by atoms with van der Waals surface area (Å²) in [5, 5.41) is 31.8. The SMILES string of the molecule is C.C1CCOC1.CC.CC(C)(C)[Si](C)(C)Oc1ccc(F)cc1CCC=O.CC(C)(C)[Si](C)(C)Oc1ccc(F)cc1CCCNc1cccc2c1C(=O)NC2=O.CCCC[N+](CCCC)(CCCC)CCCC.CCOC(=O)/C=C/c1cc(F)ccc1O[Si](C)(C)C(C)(C)C.Nc1cccc2c1C(=O)NC2=O.O=C1NC(=O)c2c(NCCCc3cc(F)ccc3O)cccc21.O=Cc1cc(F)ccc1O.[F-]. The van der Waals surface area contributed by atoms with Crippen molar-refractivity contribution in [3.63, 3.8) is 0 Å². The second-order valence-electron chi connectivity index (χ2n) is 38.8. The Bertz CT molecular complexity index is 5380. The first kappa shape index (κ1) is 126. The summed E-state index contributed by atoms with van der Waals surface area (Å²) in [6.45, 7) is 56.5. The van der Waals surface area contributed by atoms with Crippen LogP contribution in [0.2, 0.25) is 54.4 Å². The fourth-order valence-corrected chi connectivity index (χ4v) is 16.9. The van der Waals surface area contributed by atoms with E-state index in [4.69, 9.17) is 33.6 Å². The third-order valence-corrected chi connectivity index (χ3v) is 37.9. The van der Waals surface area contributed by atoms with Gasteiger partial charge in [-0.1, -0.05) is 155 Å². The van der Waals surface area contributed by atoms with E-state index in [1.807, 2.05) is 13.8 Å². The summed E-state index contributed by atoms with van der Waals surface area (Å²) >= 11 is 0. The number of hydrogen-bond acceptors (Lipinski definition) is 19. The second-order valence-corrected chi connectivity index (χ2v) is 52.9. The summed E-state index contributed by atoms with van der Waals surface area (Å²) in [4.78, 5) is 101. The predicted octanol–water partition coefficient (Wildman–Crippen LogP) is 22.7. The number of aryl methyl sites for hydroxylation is 3. The van der Waals surface area contributed by atoms with Crippen LogP contribution in [0.25, 0.3) is 6.08 Å². The number of fused-ring (bicyclic) bond motifs is 3. The average molecular weight is 2030 g/mol. The number of imide groups is 3. The van der Waals surface area contributed by atoms with Gasteiger partial charge in [0.2, 0.25) is 16.6 Å². The number of nitrogens with two attached hydrogens (primary N) is 1. The van der Waals surface area contributed by atoms with Gasteiger partial charge in [0.25, 0.3) is 43.8 Å². The van der Waals surface area contributed by atoms with Crippen molar-refractivity contribution in [3.8, 4) is 28.7 Å². The normalized spacial score (nSPS) is 12.8. The number of phenols is 2. The highest BCUT2D eigenvalue weighted by Crippen LogP contribution is 2.42. The van der Waals surface area contributed by atoms with Crippen molar-refractivity contribution in [1.82, 2.24) is 16.0 Å². The topological polar surface area (TPSA) is 326 Å². The van der Waals surface area contributed by atoms with Gasteiger partial charge < -0.3 is 63.3 Å². The number of ether oxygens (including phenoxy) is 2. The van der Waals surface area contributed by atoms with Crippen molar-refractivity contribution in [2.45, 2.75) is 275 Å². The number of aldehydes is 2. The van der Waals surface area contributed by atoms with E-state index in [-0.39, 0.29) is 85.3 Å². The van der Waals surface area contributed by atoms with Gasteiger partial charge in [0.1, 0.15) is 64.1 Å². The first-order chi connectivity index (χ1) is 66.0. The summed E-state index contributed by atoms with van der Waals surface area (Å²) in [6.07, 6.45) is 21.1. The molecule has 32 heteroatoms. The van der Waals surface area contributed by atoms with Gasteiger partial charge in [-0.15, -0.1) is 0 Å². The zero-order valence-electron chi connectivity index (χ0n) is 86.7. The summed E-state index contributed by atoms with van der Waals surface area (Å²) in [5.41, 5.74) is 11.9. The standard InChI is InChI=1S/C23H29FN2O3Si.C17H15FN2O3.C17H25FO3Si.C16H36N.C15H23FO2Si.C8H6N2O2.C7H5FO2.C4H8O.C2H6.CH4.FH/c1-23(2,3)30(4,5)29-19-12-11-16(24)14-15(19)8-7-13-25-18-10-6-9-17-20(18)22(28)26-21(17)27;18-11-6-7-14(21)10(9-11)3-2-8-19-13-5-1-4-12-15(13)17(23)20-16(12)22;1-7-20-16(19)11-8-13-12-14(18)9-10-15(13)21-22(5,6)17(2,3)4;1-5-9-13-17(14-10-6-2,15-11-7-3)16-12-8-4;1-15(2,3)19(4,5)18-14-9-8-13(16)11-12(14)7-6-10-17;9-5-3-1-2-4-6(5)8(12)10-7(4)11;8-6-1-2-7(10)5(3-6)4-9;1-2-4-5-3-1;1-2;;/h6,9-12,14,25H,7-8,13H2,1-5H3,(H,26,27,28);1,4-7,9,19,21H,2-3,8H2,(H,20,22,23);8-12H,7H2,1-6H3;5-16H2,1-4H3;8-11H,6-7H2,1-5H3;1-3H,9H2,(H,10,11,12);1-4,10H;1-4H2;1-2H3;1H4;1H/q;;;+1;;;;;;;/p-1/b;;11-8+;;;;;;;;. The molecular formula is C110H157F6N7O16Si3. The van der Waals surface area contributed by atoms with Crippen LogP contribution in [-0.4, -0.2) is 153 Å². The number of aromatic hydroxyl groups is 2. The first-order valence-electron chi connectivity index (χ1n) is 48.7. The van der Waals surface area contributed by atoms with Crippen molar-refractivity contribution in [2.75, 3.05) is 75.5 Å². The molecule has 23 nitrogen and oxygen atoms in total. The Hall–Kier alpha value is -11.7. The molecule has 782 valence electrons. The van der Waals surface area contributed by atoms with E-state index in [1.165, 1.54) is 162 Å². The lowest BCUT2D eigenvalue weighted by Crippen LogP contribution is -3.00. The fourth-order valence-electron chi connectivity index (χ4n) is 13.8. The number of anilines is 3. The number of benzene rings is 8. The molecule has 4 aliphatic heterocycles. The van der Waals surface area contributed by atoms with Crippen LogP contribution in [0.5, 0.6) is 28.7 Å². The van der Waals surface area contributed by atoms with Crippen LogP contribution in [0, 0.1) is 29.1 Å². The number of halogens is 6. The number of nitrogens with zero attached hydrogens (tertiary/aromatic N) is 1. The minimum absolute atomic E-state index is 0. The summed E-state index contributed by atoms with van der Waals surface area (Å²) in [7, 11) is -6.02. The van der Waals surface area contributed by atoms with E-state index in [1.54, 1.807) is 79.7 Å². The number of unbranched alkanes of at least 4 members (excludes halogenated alkanes) is 4. The van der Waals surface area contributed by atoms with E-state index in [0.717, 1.165) is 66.7 Å². The van der Waals surface area contributed by atoms with E-state index in [2.05, 4.69) is 156 Å². The van der Waals surface area contributed by atoms with Crippen LogP contribution in [-0.2, 0) is 38.3 Å². The zero-order valence-corrected chi connectivity index (χ0v) is 89.7. The van der Waals surface area contributed by atoms with Crippen LogP contribution in [0.4, 0.5) is 39.0 Å². The van der Waals surface area contributed by atoms with Gasteiger partial charge >= 0.3 is 5.97 Å². The Balaban J connectivity index is 0.000000563. The van der Waals surface area contributed by atoms with Gasteiger partial charge in [0, 0.05) is 61.4 Å². The average Bonchev–Trinajstić information content (AvgIpc) is 1.70. The maximum atomic E-state index is 13.9. The molecule has 6 amide bonds. The van der Waals surface area contributed by atoms with Gasteiger partial charge in [-0.2, -0.15) is 0 Å². The number of esters is 1. The Labute approximate surface area is 842 Å². The molecule has 0 saturated carbocycles. The molecule has 4 aliphatic rings. The number of phenolic OH excluding ortho intramolecular Hbond substituents is 2. The third kappa shape index (κ3) is 40.6. The minimum Gasteiger partial charge on any atom is -1.00 e. The van der Waals surface area contributed by atoms with Crippen molar-refractivity contribution in [1.29, 1.82) is 0 Å². The number of amides is 6. The Morgan fingerprint density at radius 3 is 1.17 bits per heavy atom. The molecule has 8 aromatic rings. The molecular weight excluding hydrogens is 1870 g/mol. The molecule has 142 heavy (non-hydrogen) atoms. The highest BCUT2D eigenvalue weighted by atomic mass is 28.4. The van der Waals surface area contributed by atoms with Crippen molar-refractivity contribution < 1.29 is 107 Å². The molecule has 0 radical (unpaired) electrons. The second kappa shape index (κ2) is 61.3. The molecule has 0 aliphatic carbocycles. The lowest BCUT2D eigenvalue weighted by atomic mass is 10.1. The minimum atomic E-state index is -2.04. The monoisotopic (exact) mass is 2030 g/mol. The smallest absolute Gasteiger partial charge is 0.330 e. The summed E-state index contributed by atoms with van der Waals surface area (Å²) < 4.78 is 96.1. The number of carbonyl (C=O) groups excluding carboxylic acids is 9. The first-order valence-corrected chi connectivity index (χ1v) is 57.4. The van der Waals surface area contributed by atoms with Crippen LogP contribution < -0.4 is 50.3 Å². The number of rotatable bonds is 35. The highest BCUT2D eigenvalue weighted by molar-refractivity contribution is 6.75. The molecule has 8 aromatic carbocycles. The number of nitrogens with one attached hydrogen (secondary N) is 5. The quantitative estimate of drug-likeness (QED) is 0.00211. The maximum Gasteiger partial charge on any atom is 0.330 e. The summed E-state index contributed by atoms with van der Waals surface area (Å²) in [6, 6.07) is 35.7. The number of quaternary nitrogens is 1. The van der Waals surface area contributed by atoms with Crippen molar-refractivity contribution in [3.05, 3.63) is 242 Å². The maximum absolute atomic E-state index is 13.9. The van der Waals surface area contributed by atoms with E-state index in [9.17, 15) is 70.2 Å². The lowest BCUT2D eigenvalue weighted by Gasteiger charge is -2.39. The van der Waals surface area contributed by atoms with Crippen LogP contribution in [0.1, 0.15) is 296 Å². The molecule has 0 unspecified atom stereocenters. The predicted molar refractivity (Wildman–Crippen MR) is 564 cm³/mol. The van der Waals surface area contributed by atoms with Crippen molar-refractivity contribution >= 4 is 102 Å². The van der Waals surface area contributed by atoms with Gasteiger partial charge in [-0.05, 0) is 282 Å². The zero-order chi connectivity index (χ0) is 105. The van der Waals surface area contributed by atoms with E-state index < -0.39 is 54.5 Å². The van der Waals surface area contributed by atoms with E-state index >= 15 is 0 Å². The highest BCUT2D eigenvalue weighted by Gasteiger charge is 2.42. The number of carbonyl (C=O) groups is 9. The van der Waals surface area contributed by atoms with Gasteiger partial charge in [-0.25, -0.2) is 26.7 Å². The largest absolute Gasteiger partial charge is 1.00 e. The van der Waals surface area contributed by atoms with Crippen LogP contribution in [0.15, 0.2) is 152 Å². The van der Waals surface area contributed by atoms with Gasteiger partial charge in [0.05, 0.1) is 71.7 Å². The Morgan fingerprint density at radius 1 is 0.458 bits per heavy atom. The van der Waals surface area contributed by atoms with Crippen molar-refractivity contribution in [2.24, 2.45) is 0 Å². The fraction of sp³-hybridized carbons (Fsp3) is 0.464. The lowest BCUT2D eigenvalue weighted by molar-refractivity contribution is -0.929. The molecule has 4 heterocycles. The third-order valence-electron chi connectivity index (χ3n) is 24.9. The summed E-state index contributed by atoms with van der Waals surface area (Å²) in [5.74, 6) is -2.72. The van der Waals surface area contributed by atoms with Crippen LogP contribution in [0.3, 0.4) is 0 Å². The van der Waals surface area contributed by atoms with Gasteiger partial charge in [0.15, 0.2) is 6.29 Å². The molecule has 0 spiro atoms. The molecule has 0 atom stereocenters. The molecule has 9 N–H and O–H groups in total. The molecule has 0 aromatic heterocycles. The molecule has 1 fully saturated rings.